The van der Waals surface area contributed by atoms with Crippen LogP contribution in [0.25, 0.3) is 0 Å². The third-order valence-corrected chi connectivity index (χ3v) is 7.20. The zero-order chi connectivity index (χ0) is 16.0. The number of hydrogen-bond donors (Lipinski definition) is 0. The van der Waals surface area contributed by atoms with Crippen molar-refractivity contribution in [2.24, 2.45) is 0 Å². The zero-order valence-electron chi connectivity index (χ0n) is 12.7. The van der Waals surface area contributed by atoms with Gasteiger partial charge in [0.05, 0.1) is 11.5 Å². The lowest BCUT2D eigenvalue weighted by Crippen LogP contribution is -2.38. The highest BCUT2D eigenvalue weighted by atomic mass is 32.2. The predicted octanol–water partition coefficient (Wildman–Crippen LogP) is 2.97. The molecular formula is C17H19O3PS. The van der Waals surface area contributed by atoms with E-state index in [0.29, 0.717) is 23.7 Å². The van der Waals surface area contributed by atoms with E-state index in [-0.39, 0.29) is 0 Å². The molecule has 2 unspecified atom stereocenters. The van der Waals surface area contributed by atoms with Gasteiger partial charge in [-0.1, -0.05) is 23.8 Å². The molecule has 1 heterocycles. The Kier molecular flexibility index (Phi) is 3.78. The second-order valence-corrected chi connectivity index (χ2v) is 8.95. The molecule has 0 bridgehead atoms. The van der Waals surface area contributed by atoms with Crippen LogP contribution >= 0.6 is 9.24 Å². The molecule has 1 aliphatic heterocycles. The van der Waals surface area contributed by atoms with E-state index < -0.39 is 14.6 Å². The minimum Gasteiger partial charge on any atom is -0.493 e. The summed E-state index contributed by atoms with van der Waals surface area (Å²) in [7, 11) is -0.884. The number of aryl methyl sites for hydroxylation is 1. The molecule has 3 nitrogen and oxygen atoms in total. The molecule has 116 valence electrons. The van der Waals surface area contributed by atoms with Crippen molar-refractivity contribution >= 4 is 24.4 Å². The smallest absolute Gasteiger partial charge is 0.188 e. The van der Waals surface area contributed by atoms with Crippen LogP contribution < -0.4 is 10.0 Å². The lowest BCUT2D eigenvalue weighted by atomic mass is 9.94. The second kappa shape index (κ2) is 5.36. The summed E-state index contributed by atoms with van der Waals surface area (Å²) in [6.07, 6.45) is 0.449. The second-order valence-electron chi connectivity index (χ2n) is 5.90. The summed E-state index contributed by atoms with van der Waals surface area (Å²) in [4.78, 5) is 0.364. The van der Waals surface area contributed by atoms with Crippen molar-refractivity contribution in [2.75, 3.05) is 6.61 Å². The minimum atomic E-state index is -3.50. The minimum absolute atomic E-state index is 0.364. The highest BCUT2D eigenvalue weighted by Crippen LogP contribution is 2.45. The van der Waals surface area contributed by atoms with E-state index in [1.807, 2.05) is 37.3 Å². The Bertz CT molecular complexity index is 812. The van der Waals surface area contributed by atoms with Crippen LogP contribution in [0.1, 0.15) is 24.5 Å². The summed E-state index contributed by atoms with van der Waals surface area (Å²) in [6, 6.07) is 12.7. The van der Waals surface area contributed by atoms with Gasteiger partial charge in [0, 0.05) is 12.0 Å². The first kappa shape index (κ1) is 15.5. The first-order chi connectivity index (χ1) is 10.3. The molecule has 0 aromatic heterocycles. The topological polar surface area (TPSA) is 43.4 Å². The Morgan fingerprint density at radius 3 is 2.50 bits per heavy atom. The Balaban J connectivity index is 2.19. The number of fused-ring (bicyclic) bond motifs is 1. The summed E-state index contributed by atoms with van der Waals surface area (Å²) in [5.41, 5.74) is 1.79. The first-order valence-corrected chi connectivity index (χ1v) is 9.25. The van der Waals surface area contributed by atoms with Gasteiger partial charge in [-0.25, -0.2) is 8.42 Å². The molecule has 0 aliphatic carbocycles. The van der Waals surface area contributed by atoms with Crippen LogP contribution in [0, 0.1) is 6.92 Å². The quantitative estimate of drug-likeness (QED) is 0.793. The standard InChI is InChI=1S/C17H19O3PS/c1-12-3-6-14(7-4-12)22(18,19)17(2)9-10-20-16-8-5-13(21)11-15(16)17/h3-8,11H,9-10,21H2,1-2H3. The average Bonchev–Trinajstić information content (AvgIpc) is 2.48. The molecule has 0 radical (unpaired) electrons. The van der Waals surface area contributed by atoms with Crippen molar-refractivity contribution in [3.05, 3.63) is 53.6 Å². The molecule has 2 aromatic carbocycles. The molecule has 22 heavy (non-hydrogen) atoms. The van der Waals surface area contributed by atoms with Crippen LogP contribution in [0.2, 0.25) is 0 Å². The number of benzene rings is 2. The van der Waals surface area contributed by atoms with Gasteiger partial charge in [0.25, 0.3) is 0 Å². The van der Waals surface area contributed by atoms with Crippen molar-refractivity contribution < 1.29 is 13.2 Å². The van der Waals surface area contributed by atoms with Gasteiger partial charge in [-0.15, -0.1) is 9.24 Å². The fraction of sp³-hybridized carbons (Fsp3) is 0.294. The third-order valence-electron chi connectivity index (χ3n) is 4.33. The highest BCUT2D eigenvalue weighted by molar-refractivity contribution is 7.92. The van der Waals surface area contributed by atoms with Gasteiger partial charge in [-0.05, 0) is 43.4 Å². The number of sulfone groups is 1. The summed E-state index contributed by atoms with van der Waals surface area (Å²) < 4.78 is 31.1. The number of rotatable bonds is 2. The normalized spacial score (nSPS) is 21.0. The molecule has 0 spiro atoms. The molecule has 0 saturated heterocycles. The van der Waals surface area contributed by atoms with Gasteiger partial charge >= 0.3 is 0 Å². The van der Waals surface area contributed by atoms with Crippen molar-refractivity contribution in [1.29, 1.82) is 0 Å². The van der Waals surface area contributed by atoms with Crippen LogP contribution in [0.3, 0.4) is 0 Å². The maximum Gasteiger partial charge on any atom is 0.188 e. The lowest BCUT2D eigenvalue weighted by molar-refractivity contribution is 0.257. The molecule has 0 fully saturated rings. The van der Waals surface area contributed by atoms with Crippen LogP contribution in [0.4, 0.5) is 0 Å². The maximum absolute atomic E-state index is 13.2. The molecule has 0 N–H and O–H groups in total. The SMILES string of the molecule is Cc1ccc(S(=O)(=O)C2(C)CCOc3ccc(P)cc32)cc1. The maximum atomic E-state index is 13.2. The van der Waals surface area contributed by atoms with Gasteiger partial charge in [0.1, 0.15) is 10.5 Å². The molecule has 2 aromatic rings. The summed E-state index contributed by atoms with van der Waals surface area (Å²) in [5.74, 6) is 0.663. The van der Waals surface area contributed by atoms with E-state index in [9.17, 15) is 8.42 Å². The molecular weight excluding hydrogens is 315 g/mol. The molecule has 0 saturated carbocycles. The zero-order valence-corrected chi connectivity index (χ0v) is 14.6. The van der Waals surface area contributed by atoms with Gasteiger partial charge in [0.15, 0.2) is 9.84 Å². The third kappa shape index (κ3) is 2.35. The Hall–Kier alpha value is -1.38. The molecule has 1 aliphatic rings. The number of ether oxygens (including phenoxy) is 1. The molecule has 0 amide bonds. The van der Waals surface area contributed by atoms with Gasteiger partial charge in [0.2, 0.25) is 0 Å². The Labute approximate surface area is 133 Å². The van der Waals surface area contributed by atoms with Gasteiger partial charge in [-0.2, -0.15) is 0 Å². The summed E-state index contributed by atoms with van der Waals surface area (Å²) in [6.45, 7) is 4.15. The molecule has 3 rings (SSSR count). The Morgan fingerprint density at radius 1 is 1.14 bits per heavy atom. The summed E-state index contributed by atoms with van der Waals surface area (Å²) >= 11 is 0. The van der Waals surface area contributed by atoms with E-state index >= 15 is 0 Å². The number of hydrogen-bond acceptors (Lipinski definition) is 3. The van der Waals surface area contributed by atoms with Crippen LogP contribution in [-0.2, 0) is 14.6 Å². The van der Waals surface area contributed by atoms with Crippen LogP contribution in [-0.4, -0.2) is 15.0 Å². The fourth-order valence-corrected chi connectivity index (χ4v) is 4.91. The molecule has 2 atom stereocenters. The van der Waals surface area contributed by atoms with Gasteiger partial charge < -0.3 is 4.74 Å². The fourth-order valence-electron chi connectivity index (χ4n) is 2.83. The van der Waals surface area contributed by atoms with Crippen molar-refractivity contribution in [3.63, 3.8) is 0 Å². The van der Waals surface area contributed by atoms with Gasteiger partial charge in [-0.3, -0.25) is 0 Å². The first-order valence-electron chi connectivity index (χ1n) is 7.19. The predicted molar refractivity (Wildman–Crippen MR) is 91.6 cm³/mol. The molecule has 5 heteroatoms. The van der Waals surface area contributed by atoms with Crippen LogP contribution in [0.15, 0.2) is 47.4 Å². The highest BCUT2D eigenvalue weighted by Gasteiger charge is 2.45. The summed E-state index contributed by atoms with van der Waals surface area (Å²) in [5, 5.41) is 0.953. The largest absolute Gasteiger partial charge is 0.493 e. The monoisotopic (exact) mass is 334 g/mol. The lowest BCUT2D eigenvalue weighted by Gasteiger charge is -2.35. The van der Waals surface area contributed by atoms with E-state index in [1.54, 1.807) is 19.1 Å². The van der Waals surface area contributed by atoms with Crippen molar-refractivity contribution in [3.8, 4) is 5.75 Å². The average molecular weight is 334 g/mol. The van der Waals surface area contributed by atoms with Crippen molar-refractivity contribution in [2.45, 2.75) is 29.9 Å². The van der Waals surface area contributed by atoms with Crippen molar-refractivity contribution in [1.82, 2.24) is 0 Å². The van der Waals surface area contributed by atoms with E-state index in [1.165, 1.54) is 0 Å². The van der Waals surface area contributed by atoms with E-state index in [4.69, 9.17) is 4.74 Å². The Morgan fingerprint density at radius 2 is 1.82 bits per heavy atom. The van der Waals surface area contributed by atoms with E-state index in [0.717, 1.165) is 16.4 Å². The van der Waals surface area contributed by atoms with E-state index in [2.05, 4.69) is 9.24 Å². The van der Waals surface area contributed by atoms with Crippen LogP contribution in [0.5, 0.6) is 5.75 Å².